The molecule has 0 N–H and O–H groups in total. The predicted molar refractivity (Wildman–Crippen MR) is 134 cm³/mol. The van der Waals surface area contributed by atoms with Crippen molar-refractivity contribution in [3.8, 4) is 11.5 Å². The first-order chi connectivity index (χ1) is 16.0. The number of ether oxygens (including phenoxy) is 2. The molecule has 5 rings (SSSR count). The van der Waals surface area contributed by atoms with E-state index in [4.69, 9.17) is 9.47 Å². The molecule has 1 atom stereocenters. The smallest absolute Gasteiger partial charge is 0.151 e. The van der Waals surface area contributed by atoms with Crippen LogP contribution < -0.4 is 14.3 Å². The molecule has 1 spiro atoms. The van der Waals surface area contributed by atoms with Gasteiger partial charge in [0.1, 0.15) is 17.2 Å². The number of hydrogen-bond acceptors (Lipinski definition) is 4. The Morgan fingerprint density at radius 1 is 0.848 bits per heavy atom. The lowest BCUT2D eigenvalue weighted by atomic mass is 9.77. The average molecular weight is 445 g/mol. The van der Waals surface area contributed by atoms with E-state index in [2.05, 4.69) is 61.2 Å². The Morgan fingerprint density at radius 2 is 1.52 bits per heavy atom. The molecule has 172 valence electrons. The van der Waals surface area contributed by atoms with Crippen molar-refractivity contribution < 1.29 is 9.47 Å². The van der Waals surface area contributed by atoms with Gasteiger partial charge in [0, 0.05) is 48.1 Å². The van der Waals surface area contributed by atoms with Crippen molar-refractivity contribution in [2.45, 2.75) is 39.9 Å². The molecule has 0 saturated heterocycles. The van der Waals surface area contributed by atoms with Gasteiger partial charge in [-0.2, -0.15) is 0 Å². The number of quaternary nitrogens is 1. The Bertz CT molecular complexity index is 1180. The summed E-state index contributed by atoms with van der Waals surface area (Å²) < 4.78 is 12.8. The van der Waals surface area contributed by atoms with Gasteiger partial charge in [0.05, 0.1) is 19.7 Å². The summed E-state index contributed by atoms with van der Waals surface area (Å²) in [7, 11) is 0. The van der Waals surface area contributed by atoms with Crippen LogP contribution in [0.1, 0.15) is 49.9 Å². The van der Waals surface area contributed by atoms with Crippen LogP contribution in [0.3, 0.4) is 0 Å². The molecule has 0 radical (unpaired) electrons. The van der Waals surface area contributed by atoms with E-state index in [1.54, 1.807) is 0 Å². The standard InChI is InChI=1S/C28H32N2O3/c1-5-29(6-2)21-13-15-24-26(17-21)33-27-18-22(30(31,7-3)8-4)14-16-25(27)28(24)23-12-10-9-11-20(23)19-32-28/h9-18H,5-8,19H2,1-4H3. The largest absolute Gasteiger partial charge is 0.627 e. The Kier molecular flexibility index (Phi) is 5.44. The van der Waals surface area contributed by atoms with Gasteiger partial charge in [-0.25, -0.2) is 0 Å². The third-order valence-electron chi connectivity index (χ3n) is 7.37. The summed E-state index contributed by atoms with van der Waals surface area (Å²) in [5, 5.41) is 13.3. The first-order valence-corrected chi connectivity index (χ1v) is 12.0. The summed E-state index contributed by atoms with van der Waals surface area (Å²) in [4.78, 5) is 2.30. The second-order valence-corrected chi connectivity index (χ2v) is 8.78. The van der Waals surface area contributed by atoms with E-state index in [9.17, 15) is 5.21 Å². The van der Waals surface area contributed by atoms with Gasteiger partial charge in [-0.3, -0.25) is 0 Å². The first kappa shape index (κ1) is 22.0. The maximum absolute atomic E-state index is 13.3. The molecule has 5 heteroatoms. The zero-order chi connectivity index (χ0) is 23.2. The van der Waals surface area contributed by atoms with E-state index in [1.165, 1.54) is 5.56 Å². The lowest BCUT2D eigenvalue weighted by molar-refractivity contribution is 0.0199. The summed E-state index contributed by atoms with van der Waals surface area (Å²) in [5.74, 6) is 1.49. The molecule has 0 saturated carbocycles. The van der Waals surface area contributed by atoms with Crippen molar-refractivity contribution in [3.05, 3.63) is 88.1 Å². The molecule has 0 bridgehead atoms. The predicted octanol–water partition coefficient (Wildman–Crippen LogP) is 6.31. The highest BCUT2D eigenvalue weighted by molar-refractivity contribution is 5.69. The van der Waals surface area contributed by atoms with Gasteiger partial charge in [0.25, 0.3) is 0 Å². The van der Waals surface area contributed by atoms with Crippen molar-refractivity contribution in [1.29, 1.82) is 0 Å². The summed E-state index contributed by atoms with van der Waals surface area (Å²) in [5.41, 5.74) is 5.39. The van der Waals surface area contributed by atoms with Crippen LogP contribution in [0.25, 0.3) is 0 Å². The molecule has 2 heterocycles. The lowest BCUT2D eigenvalue weighted by Gasteiger charge is -2.42. The lowest BCUT2D eigenvalue weighted by Crippen LogP contribution is -2.42. The third-order valence-corrected chi connectivity index (χ3v) is 7.37. The van der Waals surface area contributed by atoms with E-state index >= 15 is 0 Å². The minimum atomic E-state index is -0.739. The fourth-order valence-electron chi connectivity index (χ4n) is 5.36. The monoisotopic (exact) mass is 444 g/mol. The third kappa shape index (κ3) is 3.18. The molecule has 0 amide bonds. The number of nitrogens with zero attached hydrogens (tertiary/aromatic N) is 2. The number of anilines is 1. The molecule has 0 fully saturated rings. The Labute approximate surface area is 196 Å². The molecule has 3 aromatic carbocycles. The fourth-order valence-corrected chi connectivity index (χ4v) is 5.36. The Morgan fingerprint density at radius 3 is 2.21 bits per heavy atom. The van der Waals surface area contributed by atoms with Crippen LogP contribution in [0.4, 0.5) is 11.4 Å². The van der Waals surface area contributed by atoms with E-state index in [0.29, 0.717) is 31.1 Å². The minimum absolute atomic E-state index is 0.382. The number of fused-ring (bicyclic) bond motifs is 6. The average Bonchev–Trinajstić information content (AvgIpc) is 3.24. The Balaban J connectivity index is 1.74. The van der Waals surface area contributed by atoms with Gasteiger partial charge in [-0.1, -0.05) is 24.3 Å². The van der Waals surface area contributed by atoms with Crippen LogP contribution in [0.2, 0.25) is 0 Å². The van der Waals surface area contributed by atoms with Gasteiger partial charge in [-0.05, 0) is 57.0 Å². The van der Waals surface area contributed by atoms with Crippen LogP contribution in [0.5, 0.6) is 11.5 Å². The number of hydrogen-bond donors (Lipinski definition) is 0. The molecule has 33 heavy (non-hydrogen) atoms. The first-order valence-electron chi connectivity index (χ1n) is 12.0. The summed E-state index contributed by atoms with van der Waals surface area (Å²) in [6.07, 6.45) is 0. The van der Waals surface area contributed by atoms with E-state index < -0.39 is 5.60 Å². The minimum Gasteiger partial charge on any atom is -0.627 e. The molecule has 2 aliphatic rings. The van der Waals surface area contributed by atoms with Crippen LogP contribution in [-0.4, -0.2) is 26.2 Å². The molecule has 5 nitrogen and oxygen atoms in total. The van der Waals surface area contributed by atoms with Crippen molar-refractivity contribution in [2.24, 2.45) is 0 Å². The molecule has 0 aromatic heterocycles. The normalized spacial score (nSPS) is 18.5. The van der Waals surface area contributed by atoms with Crippen LogP contribution in [0.15, 0.2) is 60.7 Å². The topological polar surface area (TPSA) is 44.8 Å². The van der Waals surface area contributed by atoms with Crippen molar-refractivity contribution >= 4 is 11.4 Å². The SMILES string of the molecule is CCN(CC)c1ccc2c(c1)Oc1cc([N+]([O-])(CC)CC)ccc1C21OCc2ccccc21. The second kappa shape index (κ2) is 8.17. The second-order valence-electron chi connectivity index (χ2n) is 8.78. The maximum atomic E-state index is 13.3. The molecule has 3 aromatic rings. The number of benzene rings is 3. The molecule has 2 aliphatic heterocycles. The summed E-state index contributed by atoms with van der Waals surface area (Å²) >= 11 is 0. The summed E-state index contributed by atoms with van der Waals surface area (Å²) in [6.45, 7) is 11.5. The highest BCUT2D eigenvalue weighted by Crippen LogP contribution is 2.57. The van der Waals surface area contributed by atoms with E-state index in [0.717, 1.165) is 41.2 Å². The van der Waals surface area contributed by atoms with Crippen molar-refractivity contribution in [1.82, 2.24) is 4.65 Å². The van der Waals surface area contributed by atoms with Crippen LogP contribution in [-0.2, 0) is 16.9 Å². The van der Waals surface area contributed by atoms with Crippen molar-refractivity contribution in [3.63, 3.8) is 0 Å². The van der Waals surface area contributed by atoms with E-state index in [1.807, 2.05) is 32.0 Å². The molecular formula is C28H32N2O3. The molecule has 0 aliphatic carbocycles. The highest BCUT2D eigenvalue weighted by Gasteiger charge is 2.49. The maximum Gasteiger partial charge on any atom is 0.151 e. The fraction of sp³-hybridized carbons (Fsp3) is 0.357. The van der Waals surface area contributed by atoms with Crippen LogP contribution in [0, 0.1) is 5.21 Å². The van der Waals surface area contributed by atoms with Gasteiger partial charge < -0.3 is 24.2 Å². The number of rotatable bonds is 6. The van der Waals surface area contributed by atoms with Crippen LogP contribution >= 0.6 is 0 Å². The zero-order valence-corrected chi connectivity index (χ0v) is 19.9. The molecular weight excluding hydrogens is 412 g/mol. The zero-order valence-electron chi connectivity index (χ0n) is 19.9. The molecule has 1 unspecified atom stereocenters. The van der Waals surface area contributed by atoms with Crippen molar-refractivity contribution in [2.75, 3.05) is 31.1 Å². The van der Waals surface area contributed by atoms with Gasteiger partial charge in [0.15, 0.2) is 5.60 Å². The number of hydroxylamine groups is 2. The highest BCUT2D eigenvalue weighted by atomic mass is 16.5. The quantitative estimate of drug-likeness (QED) is 0.330. The summed E-state index contributed by atoms with van der Waals surface area (Å²) in [6, 6.07) is 20.7. The van der Waals surface area contributed by atoms with E-state index in [-0.39, 0.29) is 4.65 Å². The van der Waals surface area contributed by atoms with Gasteiger partial charge >= 0.3 is 0 Å². The van der Waals surface area contributed by atoms with Gasteiger partial charge in [0.2, 0.25) is 0 Å². The van der Waals surface area contributed by atoms with Gasteiger partial charge in [-0.15, -0.1) is 0 Å². The Hall–Kier alpha value is -2.86.